The Kier molecular flexibility index (Phi) is 9.67. The van der Waals surface area contributed by atoms with E-state index in [4.69, 9.17) is 4.74 Å². The molecule has 0 aromatic carbocycles. The third-order valence-electron chi connectivity index (χ3n) is 3.52. The molecule has 0 aliphatic heterocycles. The second kappa shape index (κ2) is 11.2. The Hall–Kier alpha value is -1.72. The minimum atomic E-state index is -0.901. The van der Waals surface area contributed by atoms with Crippen LogP contribution in [0, 0.1) is 6.92 Å². The summed E-state index contributed by atoms with van der Waals surface area (Å²) in [5, 5.41) is 6.56. The van der Waals surface area contributed by atoms with Crippen LogP contribution in [0.4, 0.5) is 0 Å². The third-order valence-corrected chi connectivity index (χ3v) is 5.33. The van der Waals surface area contributed by atoms with Crippen LogP contribution >= 0.6 is 36.6 Å². The third kappa shape index (κ3) is 6.15. The maximum absolute atomic E-state index is 12.4. The van der Waals surface area contributed by atoms with Crippen molar-refractivity contribution in [2.75, 3.05) is 25.2 Å². The zero-order valence-electron chi connectivity index (χ0n) is 15.1. The van der Waals surface area contributed by atoms with Crippen LogP contribution in [0.15, 0.2) is 5.38 Å². The van der Waals surface area contributed by atoms with Crippen molar-refractivity contribution in [2.24, 2.45) is 0 Å². The Morgan fingerprint density at radius 3 is 2.15 bits per heavy atom. The molecule has 0 saturated carbocycles. The van der Waals surface area contributed by atoms with E-state index >= 15 is 0 Å². The topological polar surface area (TPSA) is 111 Å². The fraction of sp³-hybridized carbons (Fsp3) is 0.500. The molecule has 2 amide bonds. The number of hydrogen-bond acceptors (Lipinski definition) is 9. The zero-order chi connectivity index (χ0) is 20.6. The molecule has 0 saturated heterocycles. The molecule has 8 nitrogen and oxygen atoms in total. The van der Waals surface area contributed by atoms with Crippen LogP contribution < -0.4 is 10.6 Å². The molecule has 1 rings (SSSR count). The number of nitrogens with one attached hydrogen (secondary N) is 2. The maximum Gasteiger partial charge on any atom is 0.329 e. The normalized spacial score (nSPS) is 12.6. The molecular formula is C16H22N2O6S3. The van der Waals surface area contributed by atoms with E-state index in [1.54, 1.807) is 13.8 Å². The van der Waals surface area contributed by atoms with Crippen molar-refractivity contribution in [3.8, 4) is 0 Å². The molecule has 11 heteroatoms. The molecule has 150 valence electrons. The minimum Gasteiger partial charge on any atom is -0.467 e. The van der Waals surface area contributed by atoms with E-state index in [0.29, 0.717) is 5.56 Å². The van der Waals surface area contributed by atoms with Gasteiger partial charge in [0.25, 0.3) is 11.8 Å². The van der Waals surface area contributed by atoms with Crippen LogP contribution in [0.3, 0.4) is 0 Å². The van der Waals surface area contributed by atoms with Crippen molar-refractivity contribution in [1.29, 1.82) is 0 Å². The van der Waals surface area contributed by atoms with Gasteiger partial charge in [-0.05, 0) is 19.4 Å². The smallest absolute Gasteiger partial charge is 0.329 e. The number of carbonyl (C=O) groups is 4. The van der Waals surface area contributed by atoms with Crippen LogP contribution in [0.1, 0.15) is 32.5 Å². The van der Waals surface area contributed by atoms with E-state index in [1.165, 1.54) is 12.5 Å². The van der Waals surface area contributed by atoms with Crippen LogP contribution in [0.2, 0.25) is 0 Å². The van der Waals surface area contributed by atoms with Gasteiger partial charge in [-0.15, -0.1) is 11.3 Å². The first kappa shape index (κ1) is 23.3. The summed E-state index contributed by atoms with van der Waals surface area (Å²) in [4.78, 5) is 48.5. The van der Waals surface area contributed by atoms with Crippen LogP contribution in [-0.4, -0.2) is 61.1 Å². The number of thiophene rings is 1. The lowest BCUT2D eigenvalue weighted by Gasteiger charge is -2.15. The summed E-state index contributed by atoms with van der Waals surface area (Å²) in [6, 6.07) is -1.80. The molecule has 2 unspecified atom stereocenters. The highest BCUT2D eigenvalue weighted by Gasteiger charge is 2.26. The van der Waals surface area contributed by atoms with Crippen LogP contribution in [-0.2, 0) is 19.1 Å². The maximum atomic E-state index is 12.4. The van der Waals surface area contributed by atoms with Gasteiger partial charge in [-0.1, -0.05) is 0 Å². The van der Waals surface area contributed by atoms with Crippen LogP contribution in [0.25, 0.3) is 0 Å². The number of amides is 2. The van der Waals surface area contributed by atoms with Gasteiger partial charge in [0.15, 0.2) is 0 Å². The number of hydrogen-bond donors (Lipinski definition) is 4. The van der Waals surface area contributed by atoms with Gasteiger partial charge in [-0.2, -0.15) is 25.3 Å². The number of thiol groups is 2. The Balaban J connectivity index is 2.91. The molecule has 27 heavy (non-hydrogen) atoms. The number of carbonyl (C=O) groups excluding carboxylic acids is 4. The highest BCUT2D eigenvalue weighted by atomic mass is 32.1. The molecule has 2 N–H and O–H groups in total. The molecule has 0 fully saturated rings. The Bertz CT molecular complexity index is 706. The molecule has 1 heterocycles. The van der Waals surface area contributed by atoms with Gasteiger partial charge in [0.05, 0.1) is 24.2 Å². The van der Waals surface area contributed by atoms with Crippen molar-refractivity contribution in [3.63, 3.8) is 0 Å². The molecular weight excluding hydrogens is 412 g/mol. The fourth-order valence-electron chi connectivity index (χ4n) is 2.07. The van der Waals surface area contributed by atoms with E-state index in [2.05, 4.69) is 40.6 Å². The van der Waals surface area contributed by atoms with Gasteiger partial charge in [-0.3, -0.25) is 9.59 Å². The number of rotatable bonds is 9. The summed E-state index contributed by atoms with van der Waals surface area (Å²) in [7, 11) is 1.21. The summed E-state index contributed by atoms with van der Waals surface area (Å²) in [6.45, 7) is 3.46. The highest BCUT2D eigenvalue weighted by Crippen LogP contribution is 2.22. The van der Waals surface area contributed by atoms with E-state index in [1.807, 2.05) is 0 Å². The second-order valence-corrected chi connectivity index (χ2v) is 6.91. The van der Waals surface area contributed by atoms with Crippen molar-refractivity contribution in [2.45, 2.75) is 25.9 Å². The average molecular weight is 435 g/mol. The van der Waals surface area contributed by atoms with Gasteiger partial charge in [0, 0.05) is 16.9 Å². The zero-order valence-corrected chi connectivity index (χ0v) is 17.7. The Morgan fingerprint density at radius 1 is 1.07 bits per heavy atom. The molecule has 0 bridgehead atoms. The molecule has 0 aliphatic rings. The van der Waals surface area contributed by atoms with Gasteiger partial charge in [0.1, 0.15) is 12.1 Å². The summed E-state index contributed by atoms with van der Waals surface area (Å²) >= 11 is 9.12. The standard InChI is InChI=1S/C16H22N2O6S3/c1-4-24-16(22)11(6-26)17-13(19)9-7-27-12(8(9)2)14(20)18-10(5-25)15(21)23-3/h7,10-11,25-26H,4-6H2,1-3H3,(H,17,19)(H,18,20). The van der Waals surface area contributed by atoms with Gasteiger partial charge >= 0.3 is 11.9 Å². The minimum absolute atomic E-state index is 0.0688. The second-order valence-electron chi connectivity index (χ2n) is 5.30. The molecule has 0 spiro atoms. The number of esters is 2. The van der Waals surface area contributed by atoms with Gasteiger partial charge in [0.2, 0.25) is 0 Å². The number of ether oxygens (including phenoxy) is 2. The Labute approximate surface area is 172 Å². The van der Waals surface area contributed by atoms with E-state index in [0.717, 1.165) is 11.3 Å². The summed E-state index contributed by atoms with van der Waals surface area (Å²) in [6.07, 6.45) is 0. The lowest BCUT2D eigenvalue weighted by molar-refractivity contribution is -0.145. The SMILES string of the molecule is CCOC(=O)C(CS)NC(=O)c1csc(C(=O)NC(CS)C(=O)OC)c1C. The summed E-state index contributed by atoms with van der Waals surface area (Å²) in [5.74, 6) is -2.09. The van der Waals surface area contributed by atoms with Crippen molar-refractivity contribution in [3.05, 3.63) is 21.4 Å². The van der Waals surface area contributed by atoms with Crippen LogP contribution in [0.5, 0.6) is 0 Å². The summed E-state index contributed by atoms with van der Waals surface area (Å²) < 4.78 is 9.48. The van der Waals surface area contributed by atoms with Gasteiger partial charge < -0.3 is 20.1 Å². The van der Waals surface area contributed by atoms with Crippen molar-refractivity contribution >= 4 is 60.3 Å². The molecule has 0 radical (unpaired) electrons. The first-order valence-corrected chi connectivity index (χ1v) is 10.1. The number of methoxy groups -OCH3 is 1. The molecule has 1 aromatic heterocycles. The van der Waals surface area contributed by atoms with E-state index in [9.17, 15) is 19.2 Å². The fourth-order valence-corrected chi connectivity index (χ4v) is 3.52. The molecule has 1 aromatic rings. The average Bonchev–Trinajstić information content (AvgIpc) is 3.04. The molecule has 2 atom stereocenters. The largest absolute Gasteiger partial charge is 0.467 e. The summed E-state index contributed by atoms with van der Waals surface area (Å²) in [5.41, 5.74) is 0.682. The Morgan fingerprint density at radius 2 is 1.63 bits per heavy atom. The van der Waals surface area contributed by atoms with Crippen molar-refractivity contribution in [1.82, 2.24) is 10.6 Å². The predicted octanol–water partition coefficient (Wildman–Crippen LogP) is 0.849. The first-order chi connectivity index (χ1) is 12.8. The van der Waals surface area contributed by atoms with Gasteiger partial charge in [-0.25, -0.2) is 9.59 Å². The van der Waals surface area contributed by atoms with E-state index < -0.39 is 35.8 Å². The van der Waals surface area contributed by atoms with Crippen molar-refractivity contribution < 1.29 is 28.7 Å². The predicted molar refractivity (Wildman–Crippen MR) is 108 cm³/mol. The first-order valence-electron chi connectivity index (χ1n) is 7.96. The van der Waals surface area contributed by atoms with E-state index in [-0.39, 0.29) is 28.6 Å². The monoisotopic (exact) mass is 434 g/mol. The lowest BCUT2D eigenvalue weighted by atomic mass is 10.1. The lowest BCUT2D eigenvalue weighted by Crippen LogP contribution is -2.43. The highest BCUT2D eigenvalue weighted by molar-refractivity contribution is 7.80. The molecule has 0 aliphatic carbocycles. The quantitative estimate of drug-likeness (QED) is 0.339.